The number of benzene rings is 2. The molecule has 0 unspecified atom stereocenters. The zero-order chi connectivity index (χ0) is 28.6. The van der Waals surface area contributed by atoms with E-state index in [1.54, 1.807) is 6.92 Å². The highest BCUT2D eigenvalue weighted by molar-refractivity contribution is 7.92. The first kappa shape index (κ1) is 30.3. The second-order valence-electron chi connectivity index (χ2n) is 10.2. The maximum atomic E-state index is 14.6. The van der Waals surface area contributed by atoms with E-state index in [-0.39, 0.29) is 27.6 Å². The molecule has 1 aliphatic rings. The summed E-state index contributed by atoms with van der Waals surface area (Å²) in [6, 6.07) is 5.30. The minimum absolute atomic E-state index is 0.0187. The van der Waals surface area contributed by atoms with Crippen molar-refractivity contribution < 1.29 is 36.6 Å². The van der Waals surface area contributed by atoms with Gasteiger partial charge >= 0.3 is 5.97 Å². The third-order valence-corrected chi connectivity index (χ3v) is 9.71. The van der Waals surface area contributed by atoms with Crippen LogP contribution in [0.3, 0.4) is 0 Å². The number of hydrogen-bond acceptors (Lipinski definition) is 5. The van der Waals surface area contributed by atoms with Crippen molar-refractivity contribution in [2.45, 2.75) is 69.6 Å². The highest BCUT2D eigenvalue weighted by Crippen LogP contribution is 2.45. The van der Waals surface area contributed by atoms with E-state index in [0.29, 0.717) is 0 Å². The molecule has 4 atom stereocenters. The molecule has 1 amide bonds. The average Bonchev–Trinajstić information content (AvgIpc) is 2.79. The number of aliphatic carboxylic acids is 1. The standard InChI is InChI=1S/C26H29Cl2F2NO6S/c1-5-18(13-38(35,36)26(2,3)4)31-23(14-6-7-19(28)20(30)10-14)24(15-8-16(27)11-17(29)9-15)37-21(25(31)34)12-22(32)33/h6-11,18,21,23-24H,5,12-13H2,1-4H3,(H,32,33)/t18-,21-,23+,24+/m0/s1. The molecule has 1 aliphatic heterocycles. The summed E-state index contributed by atoms with van der Waals surface area (Å²) in [7, 11) is -3.77. The van der Waals surface area contributed by atoms with Gasteiger partial charge in [-0.2, -0.15) is 0 Å². The van der Waals surface area contributed by atoms with Crippen LogP contribution in [0.5, 0.6) is 0 Å². The minimum Gasteiger partial charge on any atom is -0.481 e. The Morgan fingerprint density at radius 2 is 1.79 bits per heavy atom. The Morgan fingerprint density at radius 1 is 1.13 bits per heavy atom. The molecular formula is C26H29Cl2F2NO6S. The van der Waals surface area contributed by atoms with E-state index < -0.39 is 74.6 Å². The Balaban J connectivity index is 2.28. The lowest BCUT2D eigenvalue weighted by atomic mass is 9.89. The lowest BCUT2D eigenvalue weighted by Gasteiger charge is -2.48. The van der Waals surface area contributed by atoms with E-state index >= 15 is 0 Å². The summed E-state index contributed by atoms with van der Waals surface area (Å²) in [4.78, 5) is 26.6. The molecule has 2 aromatic carbocycles. The second kappa shape index (κ2) is 11.5. The number of nitrogens with zero attached hydrogens (tertiary/aromatic N) is 1. The third kappa shape index (κ3) is 6.47. The molecule has 0 aliphatic carbocycles. The Bertz CT molecular complexity index is 1310. The lowest BCUT2D eigenvalue weighted by Crippen LogP contribution is -2.57. The van der Waals surface area contributed by atoms with Crippen molar-refractivity contribution in [2.24, 2.45) is 0 Å². The Labute approximate surface area is 230 Å². The largest absolute Gasteiger partial charge is 0.481 e. The molecule has 1 saturated heterocycles. The molecule has 1 heterocycles. The summed E-state index contributed by atoms with van der Waals surface area (Å²) in [6.45, 7) is 6.29. The highest BCUT2D eigenvalue weighted by atomic mass is 35.5. The van der Waals surface area contributed by atoms with Gasteiger partial charge in [-0.15, -0.1) is 0 Å². The normalized spacial score (nSPS) is 21.4. The van der Waals surface area contributed by atoms with Crippen LogP contribution >= 0.6 is 23.2 Å². The van der Waals surface area contributed by atoms with Crippen molar-refractivity contribution >= 4 is 44.9 Å². The number of sulfone groups is 1. The topological polar surface area (TPSA) is 101 Å². The maximum Gasteiger partial charge on any atom is 0.306 e. The molecule has 38 heavy (non-hydrogen) atoms. The molecule has 2 aromatic rings. The fraction of sp³-hybridized carbons (Fsp3) is 0.462. The number of carbonyl (C=O) groups excluding carboxylic acids is 1. The Morgan fingerprint density at radius 3 is 2.32 bits per heavy atom. The number of halogens is 4. The van der Waals surface area contributed by atoms with Crippen molar-refractivity contribution in [1.29, 1.82) is 0 Å². The van der Waals surface area contributed by atoms with Gasteiger partial charge in [0.1, 0.15) is 23.8 Å². The number of rotatable bonds is 8. The fourth-order valence-electron chi connectivity index (χ4n) is 4.39. The summed E-state index contributed by atoms with van der Waals surface area (Å²) in [6.07, 6.45) is -3.28. The molecule has 0 aromatic heterocycles. The van der Waals surface area contributed by atoms with Crippen molar-refractivity contribution in [1.82, 2.24) is 4.90 Å². The van der Waals surface area contributed by atoms with Crippen molar-refractivity contribution in [3.05, 3.63) is 69.2 Å². The summed E-state index contributed by atoms with van der Waals surface area (Å²) < 4.78 is 60.3. The lowest BCUT2D eigenvalue weighted by molar-refractivity contribution is -0.182. The molecule has 0 saturated carbocycles. The van der Waals surface area contributed by atoms with Gasteiger partial charge in [0.15, 0.2) is 9.84 Å². The second-order valence-corrected chi connectivity index (χ2v) is 13.8. The Hall–Kier alpha value is -2.27. The number of carbonyl (C=O) groups is 2. The molecule has 0 bridgehead atoms. The van der Waals surface area contributed by atoms with Crippen LogP contribution in [-0.2, 0) is 24.2 Å². The number of ether oxygens (including phenoxy) is 1. The van der Waals surface area contributed by atoms with E-state index in [2.05, 4.69) is 0 Å². The number of amides is 1. The van der Waals surface area contributed by atoms with Crippen molar-refractivity contribution in [3.8, 4) is 0 Å². The quantitative estimate of drug-likeness (QED) is 0.419. The van der Waals surface area contributed by atoms with Gasteiger partial charge in [0.2, 0.25) is 0 Å². The molecule has 0 spiro atoms. The first-order valence-corrected chi connectivity index (χ1v) is 14.3. The zero-order valence-electron chi connectivity index (χ0n) is 21.3. The van der Waals surface area contributed by atoms with Gasteiger partial charge in [0.05, 0.1) is 28.0 Å². The van der Waals surface area contributed by atoms with Crippen LogP contribution in [0.25, 0.3) is 0 Å². The zero-order valence-corrected chi connectivity index (χ0v) is 23.6. The molecule has 0 radical (unpaired) electrons. The molecule has 3 rings (SSSR count). The fourth-order valence-corrected chi connectivity index (χ4v) is 6.14. The summed E-state index contributed by atoms with van der Waals surface area (Å²) in [5.41, 5.74) is 0.364. The van der Waals surface area contributed by atoms with E-state index in [1.807, 2.05) is 0 Å². The Kier molecular flexibility index (Phi) is 9.13. The van der Waals surface area contributed by atoms with E-state index in [9.17, 15) is 31.9 Å². The van der Waals surface area contributed by atoms with Gasteiger partial charge in [0, 0.05) is 11.1 Å². The molecule has 1 fully saturated rings. The first-order chi connectivity index (χ1) is 17.6. The van der Waals surface area contributed by atoms with Crippen LogP contribution in [0.4, 0.5) is 8.78 Å². The van der Waals surface area contributed by atoms with Gasteiger partial charge < -0.3 is 14.7 Å². The number of hydrogen-bond donors (Lipinski definition) is 1. The van der Waals surface area contributed by atoms with E-state index in [0.717, 1.165) is 18.2 Å². The smallest absolute Gasteiger partial charge is 0.306 e. The highest BCUT2D eigenvalue weighted by Gasteiger charge is 2.48. The van der Waals surface area contributed by atoms with Gasteiger partial charge in [-0.3, -0.25) is 9.59 Å². The van der Waals surface area contributed by atoms with Crippen LogP contribution in [0.2, 0.25) is 10.0 Å². The summed E-state index contributed by atoms with van der Waals surface area (Å²) in [5.74, 6) is -4.05. The number of carboxylic acids is 1. The SMILES string of the molecule is CC[C@@H](CS(=O)(=O)C(C)(C)C)N1C(=O)[C@H](CC(=O)O)O[C@H](c2cc(F)cc(Cl)c2)[C@H]1c1ccc(Cl)c(F)c1. The maximum absolute atomic E-state index is 14.6. The van der Waals surface area contributed by atoms with Crippen LogP contribution in [-0.4, -0.2) is 52.9 Å². The summed E-state index contributed by atoms with van der Waals surface area (Å²) >= 11 is 12.0. The van der Waals surface area contributed by atoms with Crippen LogP contribution in [0.15, 0.2) is 36.4 Å². The molecule has 208 valence electrons. The van der Waals surface area contributed by atoms with Crippen LogP contribution in [0.1, 0.15) is 63.8 Å². The molecular weight excluding hydrogens is 563 g/mol. The third-order valence-electron chi connectivity index (χ3n) is 6.50. The molecule has 7 nitrogen and oxygen atoms in total. The monoisotopic (exact) mass is 591 g/mol. The van der Waals surface area contributed by atoms with Gasteiger partial charge in [-0.1, -0.05) is 36.2 Å². The van der Waals surface area contributed by atoms with Gasteiger partial charge in [-0.05, 0) is 68.7 Å². The van der Waals surface area contributed by atoms with Crippen molar-refractivity contribution in [2.75, 3.05) is 5.75 Å². The van der Waals surface area contributed by atoms with Crippen LogP contribution < -0.4 is 0 Å². The van der Waals surface area contributed by atoms with E-state index in [1.165, 1.54) is 43.9 Å². The van der Waals surface area contributed by atoms with Gasteiger partial charge in [0.25, 0.3) is 5.91 Å². The van der Waals surface area contributed by atoms with E-state index in [4.69, 9.17) is 27.9 Å². The minimum atomic E-state index is -3.77. The molecule has 1 N–H and O–H groups in total. The number of morpholine rings is 1. The average molecular weight is 592 g/mol. The first-order valence-electron chi connectivity index (χ1n) is 11.9. The van der Waals surface area contributed by atoms with Crippen molar-refractivity contribution in [3.63, 3.8) is 0 Å². The van der Waals surface area contributed by atoms with Gasteiger partial charge in [-0.25, -0.2) is 17.2 Å². The van der Waals surface area contributed by atoms with Crippen LogP contribution in [0, 0.1) is 11.6 Å². The summed E-state index contributed by atoms with van der Waals surface area (Å²) in [5, 5.41) is 9.30. The number of carboxylic acid groups (broad SMARTS) is 1. The predicted molar refractivity (Wildman–Crippen MR) is 140 cm³/mol. The molecule has 12 heteroatoms. The predicted octanol–water partition coefficient (Wildman–Crippen LogP) is 5.75.